The first-order chi connectivity index (χ1) is 18.7. The molecule has 2 atom stereocenters. The van der Waals surface area contributed by atoms with Gasteiger partial charge in [0.2, 0.25) is 5.17 Å². The van der Waals surface area contributed by atoms with E-state index in [1.807, 2.05) is 30.3 Å². The lowest BCUT2D eigenvalue weighted by molar-refractivity contribution is -0.384. The Hall–Kier alpha value is -3.98. The highest BCUT2D eigenvalue weighted by Gasteiger charge is 2.60. The Labute approximate surface area is 230 Å². The molecule has 6 rings (SSSR count). The Morgan fingerprint density at radius 3 is 2.49 bits per heavy atom. The van der Waals surface area contributed by atoms with Crippen molar-refractivity contribution in [3.05, 3.63) is 87.5 Å². The second kappa shape index (κ2) is 9.34. The quantitative estimate of drug-likeness (QED) is 0.189. The van der Waals surface area contributed by atoms with Gasteiger partial charge in [-0.1, -0.05) is 51.1 Å². The van der Waals surface area contributed by atoms with Crippen LogP contribution in [-0.2, 0) is 4.79 Å². The maximum absolute atomic E-state index is 13.6. The molecular weight excluding hydrogens is 512 g/mol. The topological polar surface area (TPSA) is 101 Å². The fourth-order valence-electron chi connectivity index (χ4n) is 6.07. The minimum atomic E-state index is -0.438. The van der Waals surface area contributed by atoms with Crippen molar-refractivity contribution < 1.29 is 14.1 Å². The van der Waals surface area contributed by atoms with Crippen LogP contribution in [-0.4, -0.2) is 21.7 Å². The lowest BCUT2D eigenvalue weighted by Crippen LogP contribution is -2.32. The summed E-state index contributed by atoms with van der Waals surface area (Å²) in [5, 5.41) is 21.3. The first kappa shape index (κ1) is 25.3. The molecule has 1 aliphatic heterocycles. The number of carbonyl (C=O) groups is 1. The molecule has 39 heavy (non-hydrogen) atoms. The molecule has 1 aromatic heterocycles. The van der Waals surface area contributed by atoms with Crippen LogP contribution in [0.2, 0.25) is 0 Å². The van der Waals surface area contributed by atoms with Crippen LogP contribution >= 0.6 is 11.8 Å². The van der Waals surface area contributed by atoms with Crippen molar-refractivity contribution in [3.63, 3.8) is 0 Å². The van der Waals surface area contributed by atoms with Gasteiger partial charge in [0.25, 0.3) is 11.6 Å². The fourth-order valence-corrected chi connectivity index (χ4v) is 6.99. The predicted molar refractivity (Wildman–Crippen MR) is 154 cm³/mol. The van der Waals surface area contributed by atoms with Gasteiger partial charge in [-0.3, -0.25) is 19.8 Å². The van der Waals surface area contributed by atoms with Crippen LogP contribution in [0.25, 0.3) is 17.4 Å². The van der Waals surface area contributed by atoms with E-state index in [1.165, 1.54) is 24.2 Å². The first-order valence-electron chi connectivity index (χ1n) is 13.0. The summed E-state index contributed by atoms with van der Waals surface area (Å²) in [4.78, 5) is 26.6. The van der Waals surface area contributed by atoms with E-state index in [1.54, 1.807) is 41.3 Å². The SMILES string of the molecule is CC12CCC(CC1=NN=C1SC(=Cc3ccc(-c4ccccc4[N+](=O)[O-])o3)C(=O)N1c1ccccc1)C2(C)C. The Morgan fingerprint density at radius 1 is 1.05 bits per heavy atom. The van der Waals surface area contributed by atoms with Gasteiger partial charge in [-0.2, -0.15) is 5.10 Å². The number of furan rings is 1. The first-order valence-corrected chi connectivity index (χ1v) is 13.8. The van der Waals surface area contributed by atoms with Gasteiger partial charge < -0.3 is 4.42 Å². The molecule has 9 heteroatoms. The minimum Gasteiger partial charge on any atom is -0.456 e. The monoisotopic (exact) mass is 540 g/mol. The summed E-state index contributed by atoms with van der Waals surface area (Å²) in [6, 6.07) is 19.2. The summed E-state index contributed by atoms with van der Waals surface area (Å²) in [5.41, 5.74) is 2.34. The van der Waals surface area contributed by atoms with Crippen molar-refractivity contribution in [1.82, 2.24) is 0 Å². The molecule has 3 aromatic rings. The Bertz CT molecular complexity index is 1570. The largest absolute Gasteiger partial charge is 0.456 e. The third-order valence-electron chi connectivity index (χ3n) is 8.86. The number of carbonyl (C=O) groups excluding carboxylic acids is 1. The van der Waals surface area contributed by atoms with E-state index in [0.717, 1.165) is 18.6 Å². The molecule has 2 aliphatic carbocycles. The summed E-state index contributed by atoms with van der Waals surface area (Å²) in [6.07, 6.45) is 4.91. The highest BCUT2D eigenvalue weighted by atomic mass is 32.2. The van der Waals surface area contributed by atoms with Gasteiger partial charge in [-0.05, 0) is 72.7 Å². The zero-order valence-corrected chi connectivity index (χ0v) is 22.8. The summed E-state index contributed by atoms with van der Waals surface area (Å²) in [7, 11) is 0. The Morgan fingerprint density at radius 2 is 1.79 bits per heavy atom. The summed E-state index contributed by atoms with van der Waals surface area (Å²) >= 11 is 1.24. The number of hydrogen-bond acceptors (Lipinski definition) is 7. The lowest BCUT2D eigenvalue weighted by atomic mass is 9.70. The third kappa shape index (κ3) is 4.12. The van der Waals surface area contributed by atoms with Crippen LogP contribution < -0.4 is 4.90 Å². The van der Waals surface area contributed by atoms with E-state index in [0.29, 0.717) is 38.8 Å². The van der Waals surface area contributed by atoms with E-state index in [4.69, 9.17) is 9.52 Å². The number of nitro benzene ring substituents is 1. The molecule has 1 saturated heterocycles. The molecule has 3 aliphatic rings. The standard InChI is InChI=1S/C30H28N4O4S/c1-29(2)19-15-16-30(29,3)26(17-19)31-32-28-33(20-9-5-4-6-10-20)27(35)25(39-28)18-21-13-14-24(38-21)22-11-7-8-12-23(22)34(36)37/h4-14,18-19H,15-17H2,1-3H3. The highest BCUT2D eigenvalue weighted by Crippen LogP contribution is 2.64. The molecule has 2 bridgehead atoms. The van der Waals surface area contributed by atoms with Crippen molar-refractivity contribution in [2.24, 2.45) is 27.0 Å². The molecule has 2 saturated carbocycles. The lowest BCUT2D eigenvalue weighted by Gasteiger charge is -2.34. The number of nitro groups is 1. The average Bonchev–Trinajstić information content (AvgIpc) is 3.62. The number of thioether (sulfide) groups is 1. The van der Waals surface area contributed by atoms with Gasteiger partial charge in [-0.15, -0.1) is 5.10 Å². The Kier molecular flexibility index (Phi) is 6.06. The van der Waals surface area contributed by atoms with Crippen molar-refractivity contribution in [3.8, 4) is 11.3 Å². The van der Waals surface area contributed by atoms with Crippen LogP contribution in [0, 0.1) is 26.9 Å². The second-order valence-electron chi connectivity index (χ2n) is 11.0. The van der Waals surface area contributed by atoms with Crippen LogP contribution in [0.15, 0.2) is 86.3 Å². The predicted octanol–water partition coefficient (Wildman–Crippen LogP) is 7.53. The fraction of sp³-hybridized carbons (Fsp3) is 0.300. The molecule has 8 nitrogen and oxygen atoms in total. The van der Waals surface area contributed by atoms with E-state index in [2.05, 4.69) is 25.9 Å². The van der Waals surface area contributed by atoms with Crippen molar-refractivity contribution in [1.29, 1.82) is 0 Å². The molecule has 0 radical (unpaired) electrons. The molecule has 0 spiro atoms. The number of amidine groups is 1. The van der Waals surface area contributed by atoms with E-state index in [9.17, 15) is 14.9 Å². The Balaban J connectivity index is 1.35. The number of amides is 1. The normalized spacial score (nSPS) is 26.8. The van der Waals surface area contributed by atoms with E-state index < -0.39 is 4.92 Å². The van der Waals surface area contributed by atoms with Gasteiger partial charge in [0.05, 0.1) is 21.1 Å². The molecule has 0 N–H and O–H groups in total. The summed E-state index contributed by atoms with van der Waals surface area (Å²) in [6.45, 7) is 6.94. The number of fused-ring (bicyclic) bond motifs is 2. The smallest absolute Gasteiger partial charge is 0.280 e. The molecule has 2 heterocycles. The third-order valence-corrected chi connectivity index (χ3v) is 9.81. The van der Waals surface area contributed by atoms with Gasteiger partial charge in [0.15, 0.2) is 0 Å². The molecule has 198 valence electrons. The van der Waals surface area contributed by atoms with Gasteiger partial charge in [0.1, 0.15) is 11.5 Å². The number of anilines is 1. The van der Waals surface area contributed by atoms with Crippen LogP contribution in [0.4, 0.5) is 11.4 Å². The maximum Gasteiger partial charge on any atom is 0.280 e. The van der Waals surface area contributed by atoms with Crippen molar-refractivity contribution in [2.45, 2.75) is 40.0 Å². The minimum absolute atomic E-state index is 0.00979. The number of nitrogens with zero attached hydrogens (tertiary/aromatic N) is 4. The van der Waals surface area contributed by atoms with E-state index >= 15 is 0 Å². The van der Waals surface area contributed by atoms with Crippen LogP contribution in [0.1, 0.15) is 45.8 Å². The van der Waals surface area contributed by atoms with E-state index in [-0.39, 0.29) is 22.4 Å². The maximum atomic E-state index is 13.6. The summed E-state index contributed by atoms with van der Waals surface area (Å²) in [5.74, 6) is 1.15. The summed E-state index contributed by atoms with van der Waals surface area (Å²) < 4.78 is 5.93. The zero-order chi connectivity index (χ0) is 27.4. The number of rotatable bonds is 5. The van der Waals surface area contributed by atoms with Crippen molar-refractivity contribution in [2.75, 3.05) is 4.90 Å². The van der Waals surface area contributed by atoms with Gasteiger partial charge >= 0.3 is 0 Å². The van der Waals surface area contributed by atoms with Crippen LogP contribution in [0.5, 0.6) is 0 Å². The molecule has 3 fully saturated rings. The second-order valence-corrected chi connectivity index (χ2v) is 12.0. The molecule has 1 amide bonds. The average molecular weight is 541 g/mol. The number of hydrogen-bond donors (Lipinski definition) is 0. The highest BCUT2D eigenvalue weighted by molar-refractivity contribution is 8.19. The number of benzene rings is 2. The van der Waals surface area contributed by atoms with Crippen molar-refractivity contribution >= 4 is 46.0 Å². The molecule has 2 unspecified atom stereocenters. The molecule has 2 aromatic carbocycles. The molecular formula is C30H28N4O4S. The zero-order valence-electron chi connectivity index (χ0n) is 22.0. The number of para-hydroxylation sites is 2. The van der Waals surface area contributed by atoms with Gasteiger partial charge in [-0.25, -0.2) is 0 Å². The van der Waals surface area contributed by atoms with Gasteiger partial charge in [0, 0.05) is 23.3 Å². The van der Waals surface area contributed by atoms with Crippen LogP contribution in [0.3, 0.4) is 0 Å².